The van der Waals surface area contributed by atoms with Crippen molar-refractivity contribution in [2.45, 2.75) is 25.2 Å². The van der Waals surface area contributed by atoms with E-state index in [0.29, 0.717) is 0 Å². The van der Waals surface area contributed by atoms with E-state index in [4.69, 9.17) is 4.42 Å². The molecule has 2 atom stereocenters. The maximum absolute atomic E-state index is 13.6. The van der Waals surface area contributed by atoms with E-state index < -0.39 is 47.2 Å². The van der Waals surface area contributed by atoms with E-state index in [1.807, 2.05) is 0 Å². The Kier molecular flexibility index (Phi) is 5.72. The van der Waals surface area contributed by atoms with Gasteiger partial charge in [-0.15, -0.1) is 0 Å². The monoisotopic (exact) mass is 439 g/mol. The van der Waals surface area contributed by atoms with E-state index in [0.717, 1.165) is 6.07 Å². The molecule has 4 N–H and O–H groups in total. The number of benzene rings is 1. The van der Waals surface area contributed by atoms with Gasteiger partial charge in [0.05, 0.1) is 16.9 Å². The molecule has 0 bridgehead atoms. The molecule has 31 heavy (non-hydrogen) atoms. The van der Waals surface area contributed by atoms with Gasteiger partial charge in [0.1, 0.15) is 17.2 Å². The maximum atomic E-state index is 13.6. The van der Waals surface area contributed by atoms with Crippen LogP contribution in [0.1, 0.15) is 27.9 Å². The zero-order valence-corrected chi connectivity index (χ0v) is 16.7. The summed E-state index contributed by atoms with van der Waals surface area (Å²) in [6.45, 7) is 1.48. The molecule has 11 heteroatoms. The number of carbonyl (C=O) groups is 2. The predicted molar refractivity (Wildman–Crippen MR) is 103 cm³/mol. The first-order valence-corrected chi connectivity index (χ1v) is 9.08. The fourth-order valence-corrected chi connectivity index (χ4v) is 3.01. The van der Waals surface area contributed by atoms with Gasteiger partial charge in [0.25, 0.3) is 5.91 Å². The van der Waals surface area contributed by atoms with Crippen molar-refractivity contribution in [3.63, 3.8) is 0 Å². The summed E-state index contributed by atoms with van der Waals surface area (Å²) in [5.74, 6) is -2.06. The lowest BCUT2D eigenvalue weighted by Gasteiger charge is -2.33. The molecular formula is C20H20F3N3O5. The Hall–Kier alpha value is -3.47. The van der Waals surface area contributed by atoms with Gasteiger partial charge >= 0.3 is 6.18 Å². The number of aryl methyl sites for hydroxylation is 1. The average Bonchev–Trinajstić information content (AvgIpc) is 3.12. The van der Waals surface area contributed by atoms with Crippen molar-refractivity contribution in [3.05, 3.63) is 58.8 Å². The molecule has 1 aromatic heterocycles. The number of hydrogen-bond donors (Lipinski definition) is 4. The second-order valence-electron chi connectivity index (χ2n) is 7.15. The summed E-state index contributed by atoms with van der Waals surface area (Å²) >= 11 is 0. The normalized spacial score (nSPS) is 17.3. The fraction of sp³-hybridized carbons (Fsp3) is 0.300. The highest BCUT2D eigenvalue weighted by molar-refractivity contribution is 6.11. The first-order valence-electron chi connectivity index (χ1n) is 9.08. The van der Waals surface area contributed by atoms with E-state index in [1.165, 1.54) is 50.2 Å². The molecule has 1 aliphatic rings. The highest BCUT2D eigenvalue weighted by Gasteiger charge is 2.48. The minimum absolute atomic E-state index is 0.0725. The molecule has 1 aromatic carbocycles. The number of para-hydroxylation sites is 1. The van der Waals surface area contributed by atoms with Crippen molar-refractivity contribution in [1.29, 1.82) is 0 Å². The van der Waals surface area contributed by atoms with Gasteiger partial charge in [-0.2, -0.15) is 13.2 Å². The lowest BCUT2D eigenvalue weighted by Crippen LogP contribution is -2.48. The Bertz CT molecular complexity index is 1060. The molecule has 0 aliphatic heterocycles. The third-order valence-corrected chi connectivity index (χ3v) is 4.64. The van der Waals surface area contributed by atoms with Crippen LogP contribution in [0, 0.1) is 6.92 Å². The van der Waals surface area contributed by atoms with Crippen LogP contribution in [0.25, 0.3) is 0 Å². The van der Waals surface area contributed by atoms with Crippen molar-refractivity contribution in [1.82, 2.24) is 10.2 Å². The molecule has 1 amide bonds. The summed E-state index contributed by atoms with van der Waals surface area (Å²) in [6.07, 6.45) is -6.60. The minimum atomic E-state index is -4.79. The first-order chi connectivity index (χ1) is 14.4. The van der Waals surface area contributed by atoms with Gasteiger partial charge in [0.15, 0.2) is 17.9 Å². The number of nitrogens with one attached hydrogen (secondary N) is 2. The number of Topliss-reactive ketones (excluding diaryl/α,β-unsaturated/α-hetero) is 1. The number of carbonyl (C=O) groups excluding carboxylic acids is 2. The third-order valence-electron chi connectivity index (χ3n) is 4.64. The van der Waals surface area contributed by atoms with E-state index >= 15 is 0 Å². The van der Waals surface area contributed by atoms with E-state index in [-0.39, 0.29) is 22.7 Å². The van der Waals surface area contributed by atoms with Crippen molar-refractivity contribution in [2.24, 2.45) is 0 Å². The molecule has 1 heterocycles. The Morgan fingerprint density at radius 2 is 1.90 bits per heavy atom. The minimum Gasteiger partial charge on any atom is -0.505 e. The Balaban J connectivity index is 1.95. The van der Waals surface area contributed by atoms with Crippen LogP contribution in [0.15, 0.2) is 46.1 Å². The number of furan rings is 1. The first kappa shape index (κ1) is 22.2. The molecule has 2 unspecified atom stereocenters. The number of aliphatic hydroxyl groups excluding tert-OH is 1. The molecule has 0 radical (unpaired) electrons. The van der Waals surface area contributed by atoms with Gasteiger partial charge in [-0.05, 0) is 31.2 Å². The number of hydrogen-bond acceptors (Lipinski definition) is 7. The van der Waals surface area contributed by atoms with Crippen molar-refractivity contribution in [2.75, 3.05) is 19.4 Å². The van der Waals surface area contributed by atoms with Crippen LogP contribution in [-0.2, 0) is 4.79 Å². The number of phenols is 1. The van der Waals surface area contributed by atoms with E-state index in [1.54, 1.807) is 0 Å². The molecule has 2 aromatic rings. The smallest absolute Gasteiger partial charge is 0.415 e. The average molecular weight is 439 g/mol. The molecule has 0 saturated carbocycles. The molecule has 166 valence electrons. The number of phenolic OH excluding ortho intramolecular Hbond substituents is 1. The van der Waals surface area contributed by atoms with E-state index in [9.17, 15) is 33.0 Å². The molecule has 0 fully saturated rings. The van der Waals surface area contributed by atoms with Gasteiger partial charge < -0.3 is 30.2 Å². The number of aliphatic hydroxyl groups is 1. The number of halogens is 3. The fourth-order valence-electron chi connectivity index (χ4n) is 3.01. The summed E-state index contributed by atoms with van der Waals surface area (Å²) in [7, 11) is 2.96. The van der Waals surface area contributed by atoms with Crippen LogP contribution >= 0.6 is 0 Å². The van der Waals surface area contributed by atoms with Gasteiger partial charge in [-0.3, -0.25) is 9.59 Å². The zero-order valence-electron chi connectivity index (χ0n) is 16.7. The van der Waals surface area contributed by atoms with Gasteiger partial charge in [-0.25, -0.2) is 0 Å². The van der Waals surface area contributed by atoms with Crippen LogP contribution in [0.4, 0.5) is 18.9 Å². The van der Waals surface area contributed by atoms with Crippen molar-refractivity contribution < 1.29 is 37.4 Å². The van der Waals surface area contributed by atoms with Crippen molar-refractivity contribution >= 4 is 17.4 Å². The molecule has 0 saturated heterocycles. The molecule has 3 rings (SSSR count). The second-order valence-corrected chi connectivity index (χ2v) is 7.15. The van der Waals surface area contributed by atoms with Crippen LogP contribution in [0.2, 0.25) is 0 Å². The van der Waals surface area contributed by atoms with Gasteiger partial charge in [0, 0.05) is 14.1 Å². The Morgan fingerprint density at radius 3 is 2.45 bits per heavy atom. The summed E-state index contributed by atoms with van der Waals surface area (Å²) in [5.41, 5.74) is -0.934. The lowest BCUT2D eigenvalue weighted by atomic mass is 9.93. The SMILES string of the molecule is Cc1ccc(C(NC2=C(Nc3cccc(C(=O)N(C)C)c3O)C(=O)C2O)C(F)(F)F)o1. The number of anilines is 1. The standard InChI is InChI=1S/C20H20F3N3O5/c1-9-7-8-12(31-9)18(20(21,22)23)25-14-13(16(28)17(14)29)24-11-6-4-5-10(15(11)27)19(30)26(2)3/h4-8,17-18,24-25,27,29H,1-3H3. The Labute approximate surface area is 175 Å². The van der Waals surface area contributed by atoms with Crippen LogP contribution in [0.5, 0.6) is 5.75 Å². The second kappa shape index (κ2) is 7.99. The molecule has 8 nitrogen and oxygen atoms in total. The quantitative estimate of drug-likeness (QED) is 0.511. The number of rotatable bonds is 6. The number of amides is 1. The van der Waals surface area contributed by atoms with Crippen LogP contribution < -0.4 is 10.6 Å². The Morgan fingerprint density at radius 1 is 1.23 bits per heavy atom. The predicted octanol–water partition coefficient (Wildman–Crippen LogP) is 2.46. The van der Waals surface area contributed by atoms with Gasteiger partial charge in [-0.1, -0.05) is 6.07 Å². The zero-order chi connectivity index (χ0) is 23.1. The van der Waals surface area contributed by atoms with Gasteiger partial charge in [0.2, 0.25) is 5.78 Å². The number of aromatic hydroxyl groups is 1. The summed E-state index contributed by atoms with van der Waals surface area (Å²) in [6, 6.07) is 4.30. The topological polar surface area (TPSA) is 115 Å². The van der Waals surface area contributed by atoms with Crippen LogP contribution in [-0.4, -0.2) is 53.2 Å². The summed E-state index contributed by atoms with van der Waals surface area (Å²) in [4.78, 5) is 25.5. The lowest BCUT2D eigenvalue weighted by molar-refractivity contribution is -0.161. The maximum Gasteiger partial charge on any atom is 0.415 e. The highest BCUT2D eigenvalue weighted by Crippen LogP contribution is 2.38. The summed E-state index contributed by atoms with van der Waals surface area (Å²) in [5, 5.41) is 25.0. The van der Waals surface area contributed by atoms with Crippen molar-refractivity contribution in [3.8, 4) is 5.75 Å². The third kappa shape index (κ3) is 4.22. The van der Waals surface area contributed by atoms with Crippen LogP contribution in [0.3, 0.4) is 0 Å². The molecule has 1 aliphatic carbocycles. The number of ketones is 1. The van der Waals surface area contributed by atoms with E-state index in [2.05, 4.69) is 10.6 Å². The largest absolute Gasteiger partial charge is 0.505 e. The molecular weight excluding hydrogens is 419 g/mol. The number of alkyl halides is 3. The highest BCUT2D eigenvalue weighted by atomic mass is 19.4. The number of nitrogens with zero attached hydrogens (tertiary/aromatic N) is 1. The molecule has 0 spiro atoms. The summed E-state index contributed by atoms with van der Waals surface area (Å²) < 4.78 is 45.8.